The first kappa shape index (κ1) is 14.0. The molecular weight excluding hydrogens is 320 g/mol. The molecule has 0 bridgehead atoms. The average molecular weight is 331 g/mol. The van der Waals surface area contributed by atoms with E-state index in [0.717, 1.165) is 4.47 Å². The SMILES string of the molecule is N#Cc1cccnc1N[C@H](C(N)=O)c1cccc(Br)c1. The molecule has 0 aliphatic heterocycles. The van der Waals surface area contributed by atoms with Crippen LogP contribution in [0, 0.1) is 11.3 Å². The monoisotopic (exact) mass is 330 g/mol. The molecule has 1 amide bonds. The van der Waals surface area contributed by atoms with Crippen LogP contribution in [-0.4, -0.2) is 10.9 Å². The molecule has 1 atom stereocenters. The number of pyridine rings is 1. The summed E-state index contributed by atoms with van der Waals surface area (Å²) in [5, 5.41) is 11.9. The molecule has 0 radical (unpaired) electrons. The van der Waals surface area contributed by atoms with Crippen molar-refractivity contribution in [3.05, 3.63) is 58.2 Å². The van der Waals surface area contributed by atoms with Gasteiger partial charge >= 0.3 is 0 Å². The molecule has 1 heterocycles. The van der Waals surface area contributed by atoms with Crippen molar-refractivity contribution in [1.82, 2.24) is 4.98 Å². The highest BCUT2D eigenvalue weighted by Gasteiger charge is 2.19. The number of hydrogen-bond donors (Lipinski definition) is 2. The number of benzene rings is 1. The summed E-state index contributed by atoms with van der Waals surface area (Å²) in [5.41, 5.74) is 6.48. The molecule has 0 aliphatic rings. The van der Waals surface area contributed by atoms with Crippen LogP contribution in [0.2, 0.25) is 0 Å². The van der Waals surface area contributed by atoms with Gasteiger partial charge < -0.3 is 11.1 Å². The van der Waals surface area contributed by atoms with Crippen molar-refractivity contribution in [1.29, 1.82) is 5.26 Å². The molecule has 5 nitrogen and oxygen atoms in total. The third-order valence-corrected chi connectivity index (χ3v) is 3.17. The number of carbonyl (C=O) groups is 1. The zero-order valence-corrected chi connectivity index (χ0v) is 12.0. The van der Waals surface area contributed by atoms with E-state index in [2.05, 4.69) is 26.2 Å². The number of nitrogens with zero attached hydrogens (tertiary/aromatic N) is 2. The maximum atomic E-state index is 11.6. The number of amides is 1. The molecule has 20 heavy (non-hydrogen) atoms. The van der Waals surface area contributed by atoms with Crippen LogP contribution in [0.4, 0.5) is 5.82 Å². The predicted molar refractivity (Wildman–Crippen MR) is 78.7 cm³/mol. The minimum Gasteiger partial charge on any atom is -0.368 e. The van der Waals surface area contributed by atoms with Gasteiger partial charge in [0.05, 0.1) is 5.56 Å². The summed E-state index contributed by atoms with van der Waals surface area (Å²) < 4.78 is 0.838. The lowest BCUT2D eigenvalue weighted by Crippen LogP contribution is -2.28. The molecule has 1 aromatic carbocycles. The van der Waals surface area contributed by atoms with E-state index in [1.165, 1.54) is 0 Å². The number of nitrogens with two attached hydrogens (primary N) is 1. The molecule has 0 fully saturated rings. The van der Waals surface area contributed by atoms with Gasteiger partial charge in [0, 0.05) is 10.7 Å². The summed E-state index contributed by atoms with van der Waals surface area (Å²) in [5.74, 6) is -0.212. The summed E-state index contributed by atoms with van der Waals surface area (Å²) >= 11 is 3.35. The summed E-state index contributed by atoms with van der Waals surface area (Å²) in [4.78, 5) is 15.7. The molecule has 3 N–H and O–H groups in total. The first-order valence-corrected chi connectivity index (χ1v) is 6.57. The molecule has 2 aromatic rings. The number of hydrogen-bond acceptors (Lipinski definition) is 4. The van der Waals surface area contributed by atoms with Crippen LogP contribution >= 0.6 is 15.9 Å². The van der Waals surface area contributed by atoms with Crippen molar-refractivity contribution in [3.63, 3.8) is 0 Å². The molecule has 2 rings (SSSR count). The molecule has 0 aliphatic carbocycles. The Hall–Kier alpha value is -2.39. The summed E-state index contributed by atoms with van der Waals surface area (Å²) in [6.07, 6.45) is 1.54. The third-order valence-electron chi connectivity index (χ3n) is 2.68. The summed E-state index contributed by atoms with van der Waals surface area (Å²) in [7, 11) is 0. The van der Waals surface area contributed by atoms with Crippen molar-refractivity contribution in [2.45, 2.75) is 6.04 Å². The van der Waals surface area contributed by atoms with E-state index in [9.17, 15) is 4.79 Å². The fraction of sp³-hybridized carbons (Fsp3) is 0.0714. The van der Waals surface area contributed by atoms with E-state index in [4.69, 9.17) is 11.0 Å². The standard InChI is InChI=1S/C14H11BrN4O/c15-11-5-1-3-9(7-11)12(13(17)20)19-14-10(8-16)4-2-6-18-14/h1-7,12H,(H2,17,20)(H,18,19)/t12-/m0/s1. The van der Waals surface area contributed by atoms with E-state index in [-0.39, 0.29) is 0 Å². The topological polar surface area (TPSA) is 91.8 Å². The lowest BCUT2D eigenvalue weighted by atomic mass is 10.1. The number of anilines is 1. The lowest BCUT2D eigenvalue weighted by Gasteiger charge is -2.17. The largest absolute Gasteiger partial charge is 0.368 e. The molecular formula is C14H11BrN4O. The summed E-state index contributed by atoms with van der Waals surface area (Å²) in [6.45, 7) is 0. The molecule has 0 unspecified atom stereocenters. The van der Waals surface area contributed by atoms with E-state index in [1.807, 2.05) is 12.1 Å². The fourth-order valence-corrected chi connectivity index (χ4v) is 2.17. The Labute approximate surface area is 124 Å². The maximum absolute atomic E-state index is 11.6. The number of halogens is 1. The van der Waals surface area contributed by atoms with E-state index in [1.54, 1.807) is 36.5 Å². The minimum absolute atomic E-state index is 0.332. The van der Waals surface area contributed by atoms with Crippen LogP contribution in [0.15, 0.2) is 47.1 Å². The Bertz CT molecular complexity index is 681. The highest BCUT2D eigenvalue weighted by Crippen LogP contribution is 2.22. The van der Waals surface area contributed by atoms with Gasteiger partial charge in [0.2, 0.25) is 5.91 Å². The van der Waals surface area contributed by atoms with Gasteiger partial charge in [-0.25, -0.2) is 4.98 Å². The van der Waals surface area contributed by atoms with Crippen molar-refractivity contribution < 1.29 is 4.79 Å². The molecule has 100 valence electrons. The van der Waals surface area contributed by atoms with Crippen LogP contribution in [0.3, 0.4) is 0 Å². The Kier molecular flexibility index (Phi) is 4.33. The average Bonchev–Trinajstić information content (AvgIpc) is 2.44. The quantitative estimate of drug-likeness (QED) is 0.900. The number of nitriles is 1. The Morgan fingerprint density at radius 3 is 2.85 bits per heavy atom. The van der Waals surface area contributed by atoms with Crippen molar-refractivity contribution >= 4 is 27.7 Å². The molecule has 6 heteroatoms. The van der Waals surface area contributed by atoms with E-state index in [0.29, 0.717) is 16.9 Å². The first-order valence-electron chi connectivity index (χ1n) is 5.78. The van der Waals surface area contributed by atoms with E-state index >= 15 is 0 Å². The summed E-state index contributed by atoms with van der Waals surface area (Å²) in [6, 6.07) is 11.8. The highest BCUT2D eigenvalue weighted by atomic mass is 79.9. The third kappa shape index (κ3) is 3.13. The number of carbonyl (C=O) groups excluding carboxylic acids is 1. The van der Waals surface area contributed by atoms with Crippen LogP contribution in [0.25, 0.3) is 0 Å². The van der Waals surface area contributed by atoms with Gasteiger partial charge in [-0.05, 0) is 29.8 Å². The van der Waals surface area contributed by atoms with Gasteiger partial charge in [0.1, 0.15) is 17.9 Å². The van der Waals surface area contributed by atoms with Gasteiger partial charge in [-0.1, -0.05) is 28.1 Å². The second-order valence-corrected chi connectivity index (χ2v) is 4.96. The van der Waals surface area contributed by atoms with Gasteiger partial charge in [0.25, 0.3) is 0 Å². The number of primary amides is 1. The van der Waals surface area contributed by atoms with Gasteiger partial charge in [-0.2, -0.15) is 5.26 Å². The fourth-order valence-electron chi connectivity index (χ4n) is 1.75. The minimum atomic E-state index is -0.755. The number of rotatable bonds is 4. The second kappa shape index (κ2) is 6.17. The normalized spacial score (nSPS) is 11.4. The Morgan fingerprint density at radius 1 is 1.40 bits per heavy atom. The van der Waals surface area contributed by atoms with Crippen molar-refractivity contribution in [3.8, 4) is 6.07 Å². The van der Waals surface area contributed by atoms with Crippen LogP contribution in [0.5, 0.6) is 0 Å². The zero-order chi connectivity index (χ0) is 14.5. The van der Waals surface area contributed by atoms with Gasteiger partial charge in [-0.3, -0.25) is 4.79 Å². The van der Waals surface area contributed by atoms with Crippen LogP contribution in [-0.2, 0) is 4.79 Å². The first-order chi connectivity index (χ1) is 9.61. The number of nitrogens with one attached hydrogen (secondary N) is 1. The van der Waals surface area contributed by atoms with Gasteiger partial charge in [-0.15, -0.1) is 0 Å². The zero-order valence-electron chi connectivity index (χ0n) is 10.4. The van der Waals surface area contributed by atoms with Crippen molar-refractivity contribution in [2.24, 2.45) is 5.73 Å². The lowest BCUT2D eigenvalue weighted by molar-refractivity contribution is -0.118. The smallest absolute Gasteiger partial charge is 0.244 e. The maximum Gasteiger partial charge on any atom is 0.244 e. The van der Waals surface area contributed by atoms with Crippen LogP contribution in [0.1, 0.15) is 17.2 Å². The Balaban J connectivity index is 2.36. The van der Waals surface area contributed by atoms with Crippen LogP contribution < -0.4 is 11.1 Å². The van der Waals surface area contributed by atoms with Gasteiger partial charge in [0.15, 0.2) is 0 Å². The molecule has 0 spiro atoms. The number of aromatic nitrogens is 1. The highest BCUT2D eigenvalue weighted by molar-refractivity contribution is 9.10. The molecule has 0 saturated heterocycles. The Morgan fingerprint density at radius 2 is 2.20 bits per heavy atom. The van der Waals surface area contributed by atoms with E-state index < -0.39 is 11.9 Å². The predicted octanol–water partition coefficient (Wildman–Crippen LogP) is 2.35. The molecule has 0 saturated carbocycles. The van der Waals surface area contributed by atoms with Crippen molar-refractivity contribution in [2.75, 3.05) is 5.32 Å². The molecule has 1 aromatic heterocycles. The second-order valence-electron chi connectivity index (χ2n) is 4.05.